The first-order valence-corrected chi connectivity index (χ1v) is 11.8. The van der Waals surface area contributed by atoms with Gasteiger partial charge in [0.15, 0.2) is 0 Å². The Labute approximate surface area is 200 Å². The number of carbonyl (C=O) groups excluding carboxylic acids is 1. The molecule has 6 nitrogen and oxygen atoms in total. The molecule has 0 saturated carbocycles. The zero-order chi connectivity index (χ0) is 24.5. The number of rotatable bonds is 8. The van der Waals surface area contributed by atoms with Crippen molar-refractivity contribution >= 4 is 11.6 Å². The Kier molecular flexibility index (Phi) is 6.98. The van der Waals surface area contributed by atoms with E-state index in [2.05, 4.69) is 33.4 Å². The standard InChI is InChI=1S/C26H34F2N4O2/c1-5-19-13-30(11-10-24(19)29-4)25(33)12-18(2)31-14-20-16-32(17-21(20)15-31)22-6-8-23(9-7-22)34-26(3,27)28/h5-9,18,29H,1,10-17H2,2-4H3. The summed E-state index contributed by atoms with van der Waals surface area (Å²) in [6, 6.07) is 6.99. The Balaban J connectivity index is 1.27. The van der Waals surface area contributed by atoms with E-state index in [4.69, 9.17) is 0 Å². The Hall–Kier alpha value is -2.87. The van der Waals surface area contributed by atoms with Crippen LogP contribution in [0.1, 0.15) is 26.7 Å². The zero-order valence-electron chi connectivity index (χ0n) is 20.2. The van der Waals surface area contributed by atoms with Crippen molar-refractivity contribution in [3.63, 3.8) is 0 Å². The molecular weight excluding hydrogens is 438 g/mol. The van der Waals surface area contributed by atoms with Gasteiger partial charge < -0.3 is 19.9 Å². The van der Waals surface area contributed by atoms with Gasteiger partial charge in [-0.1, -0.05) is 12.7 Å². The molecule has 0 saturated heterocycles. The molecule has 1 N–H and O–H groups in total. The van der Waals surface area contributed by atoms with Gasteiger partial charge in [0, 0.05) is 83.5 Å². The van der Waals surface area contributed by atoms with Gasteiger partial charge in [0.25, 0.3) is 0 Å². The van der Waals surface area contributed by atoms with E-state index in [9.17, 15) is 13.6 Å². The SMILES string of the molecule is C=CC1=C(NC)CCN(C(=O)CC(C)N2CC3=C(CN(c4ccc(OC(C)(F)F)cc4)C3)C2)C1. The van der Waals surface area contributed by atoms with Crippen LogP contribution in [0.2, 0.25) is 0 Å². The first-order valence-electron chi connectivity index (χ1n) is 11.8. The number of anilines is 1. The summed E-state index contributed by atoms with van der Waals surface area (Å²) in [4.78, 5) is 19.5. The third kappa shape index (κ3) is 5.43. The maximum atomic E-state index is 13.0. The van der Waals surface area contributed by atoms with Crippen LogP contribution in [0.4, 0.5) is 14.5 Å². The number of hydrogen-bond acceptors (Lipinski definition) is 5. The fraction of sp³-hybridized carbons (Fsp3) is 0.500. The Bertz CT molecular complexity index is 979. The van der Waals surface area contributed by atoms with Crippen LogP contribution in [0.5, 0.6) is 5.75 Å². The van der Waals surface area contributed by atoms with Crippen LogP contribution in [-0.4, -0.2) is 74.2 Å². The Morgan fingerprint density at radius 3 is 2.38 bits per heavy atom. The maximum Gasteiger partial charge on any atom is 0.394 e. The van der Waals surface area contributed by atoms with Gasteiger partial charge in [0.2, 0.25) is 5.91 Å². The molecule has 8 heteroatoms. The lowest BCUT2D eigenvalue weighted by atomic mass is 10.0. The number of alkyl halides is 2. The monoisotopic (exact) mass is 472 g/mol. The minimum Gasteiger partial charge on any atom is -0.433 e. The summed E-state index contributed by atoms with van der Waals surface area (Å²) < 4.78 is 30.7. The second kappa shape index (κ2) is 9.78. The molecule has 34 heavy (non-hydrogen) atoms. The van der Waals surface area contributed by atoms with E-state index in [1.807, 2.05) is 30.2 Å². The predicted octanol–water partition coefficient (Wildman–Crippen LogP) is 3.78. The maximum absolute atomic E-state index is 13.0. The van der Waals surface area contributed by atoms with Crippen LogP contribution >= 0.6 is 0 Å². The molecule has 3 aliphatic heterocycles. The van der Waals surface area contributed by atoms with Crippen molar-refractivity contribution in [3.05, 3.63) is 59.3 Å². The summed E-state index contributed by atoms with van der Waals surface area (Å²) in [7, 11) is 1.91. The summed E-state index contributed by atoms with van der Waals surface area (Å²) in [5.74, 6) is 0.350. The number of hydrogen-bond donors (Lipinski definition) is 1. The first kappa shape index (κ1) is 24.3. The summed E-state index contributed by atoms with van der Waals surface area (Å²) in [5, 5.41) is 3.22. The molecule has 1 unspecified atom stereocenters. The van der Waals surface area contributed by atoms with Crippen molar-refractivity contribution in [3.8, 4) is 5.75 Å². The average Bonchev–Trinajstić information content (AvgIpc) is 3.37. The molecule has 184 valence electrons. The molecule has 1 aromatic carbocycles. The molecular formula is C26H34F2N4O2. The van der Waals surface area contributed by atoms with Gasteiger partial charge in [-0.05, 0) is 47.9 Å². The summed E-state index contributed by atoms with van der Waals surface area (Å²) >= 11 is 0. The van der Waals surface area contributed by atoms with E-state index >= 15 is 0 Å². The second-order valence-electron chi connectivity index (χ2n) is 9.45. The lowest BCUT2D eigenvalue weighted by molar-refractivity contribution is -0.158. The van der Waals surface area contributed by atoms with Gasteiger partial charge in [0.1, 0.15) is 5.75 Å². The highest BCUT2D eigenvalue weighted by molar-refractivity contribution is 5.77. The molecule has 0 fully saturated rings. The lowest BCUT2D eigenvalue weighted by Crippen LogP contribution is -2.43. The lowest BCUT2D eigenvalue weighted by Gasteiger charge is -2.33. The van der Waals surface area contributed by atoms with E-state index in [0.29, 0.717) is 13.0 Å². The molecule has 1 aromatic rings. The van der Waals surface area contributed by atoms with Gasteiger partial charge in [-0.3, -0.25) is 9.69 Å². The number of amides is 1. The summed E-state index contributed by atoms with van der Waals surface area (Å²) in [6.45, 7) is 11.5. The van der Waals surface area contributed by atoms with Gasteiger partial charge in [-0.25, -0.2) is 0 Å². The molecule has 0 spiro atoms. The van der Waals surface area contributed by atoms with E-state index < -0.39 is 6.11 Å². The largest absolute Gasteiger partial charge is 0.433 e. The van der Waals surface area contributed by atoms with Crippen molar-refractivity contribution in [1.29, 1.82) is 0 Å². The molecule has 0 bridgehead atoms. The van der Waals surface area contributed by atoms with Gasteiger partial charge >= 0.3 is 6.11 Å². The van der Waals surface area contributed by atoms with Crippen molar-refractivity contribution < 1.29 is 18.3 Å². The average molecular weight is 473 g/mol. The highest BCUT2D eigenvalue weighted by atomic mass is 19.3. The molecule has 0 aliphatic carbocycles. The zero-order valence-corrected chi connectivity index (χ0v) is 20.2. The quantitative estimate of drug-likeness (QED) is 0.584. The van der Waals surface area contributed by atoms with Gasteiger partial charge in [0.05, 0.1) is 0 Å². The highest BCUT2D eigenvalue weighted by Crippen LogP contribution is 2.32. The molecule has 1 atom stereocenters. The van der Waals surface area contributed by atoms with Crippen molar-refractivity contribution in [2.75, 3.05) is 51.2 Å². The van der Waals surface area contributed by atoms with Crippen molar-refractivity contribution in [1.82, 2.24) is 15.1 Å². The normalized spacial score (nSPS) is 20.0. The molecule has 0 radical (unpaired) electrons. The van der Waals surface area contributed by atoms with Crippen LogP contribution in [0.25, 0.3) is 0 Å². The number of halogens is 2. The first-order chi connectivity index (χ1) is 16.2. The molecule has 3 heterocycles. The van der Waals surface area contributed by atoms with Crippen LogP contribution in [-0.2, 0) is 4.79 Å². The molecule has 3 aliphatic rings. The fourth-order valence-corrected chi connectivity index (χ4v) is 5.02. The number of benzene rings is 1. The Morgan fingerprint density at radius 1 is 1.18 bits per heavy atom. The van der Waals surface area contributed by atoms with Gasteiger partial charge in [-0.2, -0.15) is 8.78 Å². The minimum atomic E-state index is -3.19. The molecule has 0 aromatic heterocycles. The number of ether oxygens (including phenoxy) is 1. The van der Waals surface area contributed by atoms with Crippen LogP contribution in [0.3, 0.4) is 0 Å². The fourth-order valence-electron chi connectivity index (χ4n) is 5.02. The van der Waals surface area contributed by atoms with E-state index in [-0.39, 0.29) is 17.7 Å². The van der Waals surface area contributed by atoms with Crippen molar-refractivity contribution in [2.24, 2.45) is 0 Å². The second-order valence-corrected chi connectivity index (χ2v) is 9.45. The molecule has 4 rings (SSSR count). The molecule has 1 amide bonds. The van der Waals surface area contributed by atoms with E-state index in [1.54, 1.807) is 12.1 Å². The third-order valence-corrected chi connectivity index (χ3v) is 6.93. The van der Waals surface area contributed by atoms with Crippen LogP contribution < -0.4 is 15.0 Å². The van der Waals surface area contributed by atoms with E-state index in [0.717, 1.165) is 57.3 Å². The third-order valence-electron chi connectivity index (χ3n) is 6.93. The summed E-state index contributed by atoms with van der Waals surface area (Å²) in [5.41, 5.74) is 6.05. The number of nitrogens with one attached hydrogen (secondary N) is 1. The van der Waals surface area contributed by atoms with E-state index in [1.165, 1.54) is 16.8 Å². The minimum absolute atomic E-state index is 0.159. The summed E-state index contributed by atoms with van der Waals surface area (Å²) in [6.07, 6.45) is -0.00276. The van der Waals surface area contributed by atoms with Crippen molar-refractivity contribution in [2.45, 2.75) is 38.8 Å². The number of carbonyl (C=O) groups is 1. The van der Waals surface area contributed by atoms with Gasteiger partial charge in [-0.15, -0.1) is 0 Å². The smallest absolute Gasteiger partial charge is 0.394 e. The van der Waals surface area contributed by atoms with Crippen LogP contribution in [0.15, 0.2) is 59.3 Å². The topological polar surface area (TPSA) is 48.1 Å². The van der Waals surface area contributed by atoms with Crippen LogP contribution in [0, 0.1) is 0 Å². The number of nitrogens with zero attached hydrogens (tertiary/aromatic N) is 3. The Morgan fingerprint density at radius 2 is 1.82 bits per heavy atom. The predicted molar refractivity (Wildman–Crippen MR) is 130 cm³/mol. The highest BCUT2D eigenvalue weighted by Gasteiger charge is 2.33.